The molecular formula is C26H22ClN5OS. The van der Waals surface area contributed by atoms with Gasteiger partial charge in [0.2, 0.25) is 5.17 Å². The smallest absolute Gasteiger partial charge is 0.283 e. The number of carbonyl (C=O) groups excluding carboxylic acids is 1. The van der Waals surface area contributed by atoms with E-state index in [1.807, 2.05) is 50.2 Å². The van der Waals surface area contributed by atoms with Crippen molar-refractivity contribution in [2.24, 2.45) is 10.1 Å². The number of para-hydroxylation sites is 1. The number of halogens is 1. The van der Waals surface area contributed by atoms with E-state index in [2.05, 4.69) is 33.7 Å². The molecule has 1 amide bonds. The molecule has 3 heterocycles. The topological polar surface area (TPSA) is 73.8 Å². The number of carbonyl (C=O) groups is 1. The Labute approximate surface area is 207 Å². The number of hydrogen-bond acceptors (Lipinski definition) is 4. The molecule has 2 aromatic carbocycles. The molecule has 1 aromatic heterocycles. The molecule has 0 unspecified atom stereocenters. The summed E-state index contributed by atoms with van der Waals surface area (Å²) in [5, 5.41) is 16.2. The summed E-state index contributed by atoms with van der Waals surface area (Å²) in [6, 6.07) is 17.7. The van der Waals surface area contributed by atoms with E-state index in [9.17, 15) is 4.79 Å². The van der Waals surface area contributed by atoms with Crippen LogP contribution >= 0.6 is 23.4 Å². The normalized spacial score (nSPS) is 16.7. The molecule has 6 nitrogen and oxygen atoms in total. The number of thioether (sulfide) groups is 1. The maximum absolute atomic E-state index is 12.9. The van der Waals surface area contributed by atoms with Crippen molar-refractivity contribution in [3.8, 4) is 5.69 Å². The van der Waals surface area contributed by atoms with Crippen LogP contribution in [-0.2, 0) is 11.2 Å². The van der Waals surface area contributed by atoms with Crippen molar-refractivity contribution in [2.75, 3.05) is 0 Å². The number of aliphatic imine (C=N–C) groups is 1. The molecule has 0 spiro atoms. The van der Waals surface area contributed by atoms with Crippen LogP contribution in [0.4, 0.5) is 0 Å². The van der Waals surface area contributed by atoms with E-state index in [-0.39, 0.29) is 11.4 Å². The third-order valence-electron chi connectivity index (χ3n) is 5.94. The molecule has 34 heavy (non-hydrogen) atoms. The Hall–Kier alpha value is -3.42. The first-order valence-corrected chi connectivity index (χ1v) is 12.1. The van der Waals surface area contributed by atoms with E-state index in [0.29, 0.717) is 15.2 Å². The third kappa shape index (κ3) is 3.71. The summed E-state index contributed by atoms with van der Waals surface area (Å²) < 4.78 is 2.19. The van der Waals surface area contributed by atoms with Crippen LogP contribution in [0.25, 0.3) is 11.8 Å². The second-order valence-electron chi connectivity index (χ2n) is 8.05. The fourth-order valence-corrected chi connectivity index (χ4v) is 5.44. The minimum absolute atomic E-state index is 0.00307. The van der Waals surface area contributed by atoms with Gasteiger partial charge in [-0.05, 0) is 67.4 Å². The first kappa shape index (κ1) is 22.4. The number of nitrogens with one attached hydrogen (secondary N) is 1. The zero-order chi connectivity index (χ0) is 24.0. The average Bonchev–Trinajstić information content (AvgIpc) is 3.37. The molecule has 5 rings (SSSR count). The standard InChI is InChI=1S/C26H22ClN5OS/c1-4-17-9-5-8-12-22(17)31-15(2)13-18(16(31)3)14-20-23(28)32-26(29-24(20)33)34-25(30-32)19-10-6-7-11-21(19)27/h5-14,28H,4H2,1-3H3. The van der Waals surface area contributed by atoms with E-state index in [1.54, 1.807) is 12.1 Å². The summed E-state index contributed by atoms with van der Waals surface area (Å²) in [7, 11) is 0. The van der Waals surface area contributed by atoms with Gasteiger partial charge in [-0.3, -0.25) is 10.2 Å². The minimum Gasteiger partial charge on any atom is -0.318 e. The molecule has 0 atom stereocenters. The lowest BCUT2D eigenvalue weighted by Gasteiger charge is -2.20. The number of benzene rings is 2. The van der Waals surface area contributed by atoms with Crippen LogP contribution in [-0.4, -0.2) is 31.5 Å². The van der Waals surface area contributed by atoms with Crippen LogP contribution < -0.4 is 0 Å². The molecule has 8 heteroatoms. The highest BCUT2D eigenvalue weighted by atomic mass is 35.5. The first-order chi connectivity index (χ1) is 16.4. The molecule has 0 fully saturated rings. The van der Waals surface area contributed by atoms with Crippen LogP contribution in [0, 0.1) is 19.3 Å². The zero-order valence-electron chi connectivity index (χ0n) is 19.0. The van der Waals surface area contributed by atoms with Crippen LogP contribution in [0.2, 0.25) is 5.02 Å². The van der Waals surface area contributed by atoms with Gasteiger partial charge in [0.1, 0.15) is 5.04 Å². The van der Waals surface area contributed by atoms with Crippen LogP contribution in [0.1, 0.15) is 35.0 Å². The summed E-state index contributed by atoms with van der Waals surface area (Å²) >= 11 is 7.56. The average molecular weight is 488 g/mol. The number of hydrogen-bond donors (Lipinski definition) is 1. The van der Waals surface area contributed by atoms with Crippen molar-refractivity contribution in [2.45, 2.75) is 27.2 Å². The maximum Gasteiger partial charge on any atom is 0.283 e. The molecule has 0 saturated heterocycles. The van der Waals surface area contributed by atoms with Gasteiger partial charge in [0.15, 0.2) is 5.84 Å². The predicted molar refractivity (Wildman–Crippen MR) is 140 cm³/mol. The Morgan fingerprint density at radius 2 is 1.85 bits per heavy atom. The Kier molecular flexibility index (Phi) is 5.75. The van der Waals surface area contributed by atoms with Gasteiger partial charge in [0.25, 0.3) is 5.91 Å². The molecule has 2 aliphatic rings. The SMILES string of the molecule is CCc1ccccc1-n1c(C)cc(C=C2C(=N)N3N=C(c4ccccc4Cl)SC3=NC2=O)c1C. The molecule has 0 saturated carbocycles. The summed E-state index contributed by atoms with van der Waals surface area (Å²) in [6.45, 7) is 6.21. The summed E-state index contributed by atoms with van der Waals surface area (Å²) in [4.78, 5) is 17.1. The Balaban J connectivity index is 1.53. The zero-order valence-corrected chi connectivity index (χ0v) is 20.5. The van der Waals surface area contributed by atoms with Crippen LogP contribution in [0.15, 0.2) is 70.3 Å². The fourth-order valence-electron chi connectivity index (χ4n) is 4.22. The maximum atomic E-state index is 12.9. The van der Waals surface area contributed by atoms with Gasteiger partial charge in [0, 0.05) is 22.6 Å². The molecule has 3 aromatic rings. The lowest BCUT2D eigenvalue weighted by atomic mass is 10.1. The van der Waals surface area contributed by atoms with Crippen molar-refractivity contribution in [3.63, 3.8) is 0 Å². The van der Waals surface area contributed by atoms with Gasteiger partial charge >= 0.3 is 0 Å². The second-order valence-corrected chi connectivity index (χ2v) is 9.41. The van der Waals surface area contributed by atoms with Crippen molar-refractivity contribution >= 4 is 51.4 Å². The monoisotopic (exact) mass is 487 g/mol. The van der Waals surface area contributed by atoms with Crippen LogP contribution in [0.3, 0.4) is 0 Å². The van der Waals surface area contributed by atoms with Gasteiger partial charge in [-0.1, -0.05) is 54.9 Å². The van der Waals surface area contributed by atoms with Crippen molar-refractivity contribution < 1.29 is 4.79 Å². The van der Waals surface area contributed by atoms with E-state index < -0.39 is 5.91 Å². The van der Waals surface area contributed by atoms with Crippen molar-refractivity contribution in [1.29, 1.82) is 5.41 Å². The summed E-state index contributed by atoms with van der Waals surface area (Å²) in [5.41, 5.74) is 6.25. The van der Waals surface area contributed by atoms with Crippen LogP contribution in [0.5, 0.6) is 0 Å². The summed E-state index contributed by atoms with van der Waals surface area (Å²) in [5.74, 6) is -0.443. The van der Waals surface area contributed by atoms with Gasteiger partial charge in [-0.15, -0.1) is 0 Å². The van der Waals surface area contributed by atoms with E-state index in [0.717, 1.165) is 34.6 Å². The highest BCUT2D eigenvalue weighted by molar-refractivity contribution is 8.27. The van der Waals surface area contributed by atoms with Gasteiger partial charge in [0.05, 0.1) is 10.6 Å². The number of rotatable bonds is 4. The Bertz CT molecular complexity index is 1450. The molecule has 0 radical (unpaired) electrons. The Morgan fingerprint density at radius 3 is 2.62 bits per heavy atom. The summed E-state index contributed by atoms with van der Waals surface area (Å²) in [6.07, 6.45) is 2.66. The number of nitrogens with zero attached hydrogens (tertiary/aromatic N) is 4. The fraction of sp³-hybridized carbons (Fsp3) is 0.154. The first-order valence-electron chi connectivity index (χ1n) is 10.9. The number of amides is 1. The number of aryl methyl sites for hydroxylation is 2. The number of fused-ring (bicyclic) bond motifs is 1. The van der Waals surface area contributed by atoms with E-state index in [1.165, 1.54) is 22.3 Å². The lowest BCUT2D eigenvalue weighted by Crippen LogP contribution is -2.35. The minimum atomic E-state index is -0.446. The predicted octanol–water partition coefficient (Wildman–Crippen LogP) is 5.98. The molecule has 0 bridgehead atoms. The molecule has 1 N–H and O–H groups in total. The molecule has 170 valence electrons. The largest absolute Gasteiger partial charge is 0.318 e. The van der Waals surface area contributed by atoms with Gasteiger partial charge in [-0.2, -0.15) is 15.1 Å². The highest BCUT2D eigenvalue weighted by Gasteiger charge is 2.36. The number of aromatic nitrogens is 1. The quantitative estimate of drug-likeness (QED) is 0.460. The van der Waals surface area contributed by atoms with E-state index in [4.69, 9.17) is 17.0 Å². The van der Waals surface area contributed by atoms with Crippen molar-refractivity contribution in [3.05, 3.63) is 93.3 Å². The molecular weight excluding hydrogens is 466 g/mol. The number of hydrazone groups is 1. The van der Waals surface area contributed by atoms with E-state index >= 15 is 0 Å². The van der Waals surface area contributed by atoms with Gasteiger partial charge < -0.3 is 4.57 Å². The second kappa shape index (κ2) is 8.74. The van der Waals surface area contributed by atoms with Crippen molar-refractivity contribution in [1.82, 2.24) is 9.58 Å². The third-order valence-corrected chi connectivity index (χ3v) is 7.21. The highest BCUT2D eigenvalue weighted by Crippen LogP contribution is 2.33. The molecule has 2 aliphatic heterocycles. The number of amidine groups is 2. The molecule has 0 aliphatic carbocycles. The van der Waals surface area contributed by atoms with Gasteiger partial charge in [-0.25, -0.2) is 0 Å². The lowest BCUT2D eigenvalue weighted by molar-refractivity contribution is -0.114. The Morgan fingerprint density at radius 1 is 1.12 bits per heavy atom.